The maximum absolute atomic E-state index is 12.0. The molecule has 7 nitrogen and oxygen atoms in total. The minimum absolute atomic E-state index is 0.00994. The molecule has 0 spiro atoms. The number of carbonyl (C=O) groups is 1. The zero-order valence-electron chi connectivity index (χ0n) is 21.4. The molecule has 2 N–H and O–H groups in total. The Hall–Kier alpha value is -4.04. The highest BCUT2D eigenvalue weighted by Crippen LogP contribution is 2.44. The Bertz CT molecular complexity index is 1450. The van der Waals surface area contributed by atoms with Crippen LogP contribution in [-0.2, 0) is 4.79 Å². The van der Waals surface area contributed by atoms with Gasteiger partial charge < -0.3 is 20.1 Å². The van der Waals surface area contributed by atoms with Crippen molar-refractivity contribution >= 4 is 34.6 Å². The molecule has 4 heterocycles. The van der Waals surface area contributed by atoms with Gasteiger partial charge in [0.15, 0.2) is 5.11 Å². The number of aromatic nitrogens is 3. The number of amides is 1. The first kappa shape index (κ1) is 24.6. The predicted molar refractivity (Wildman–Crippen MR) is 151 cm³/mol. The Balaban J connectivity index is 1.63. The first-order chi connectivity index (χ1) is 17.9. The largest absolute Gasteiger partial charge is 0.351 e. The van der Waals surface area contributed by atoms with E-state index in [1.807, 2.05) is 74.8 Å². The van der Waals surface area contributed by atoms with Crippen LogP contribution in [0.5, 0.6) is 0 Å². The SMILES string of the molecule is CCC(=O)Nc1ccc(N2C(=S)N[C@H](c3ccccn3)[C@H]2c2cc(C)n(-c3ccccn3)c2C)cc1C. The molecule has 0 bridgehead atoms. The van der Waals surface area contributed by atoms with E-state index in [0.717, 1.165) is 45.4 Å². The third kappa shape index (κ3) is 4.60. The lowest BCUT2D eigenvalue weighted by Crippen LogP contribution is -2.29. The van der Waals surface area contributed by atoms with Crippen LogP contribution < -0.4 is 15.5 Å². The number of nitrogens with zero attached hydrogens (tertiary/aromatic N) is 4. The third-order valence-corrected chi connectivity index (χ3v) is 7.16. The smallest absolute Gasteiger partial charge is 0.224 e. The molecule has 1 aromatic carbocycles. The average molecular weight is 511 g/mol. The van der Waals surface area contributed by atoms with E-state index in [1.54, 1.807) is 0 Å². The first-order valence-electron chi connectivity index (χ1n) is 12.4. The summed E-state index contributed by atoms with van der Waals surface area (Å²) in [7, 11) is 0. The topological polar surface area (TPSA) is 75.1 Å². The molecule has 3 aromatic heterocycles. The van der Waals surface area contributed by atoms with Crippen molar-refractivity contribution in [3.8, 4) is 5.82 Å². The summed E-state index contributed by atoms with van der Waals surface area (Å²) in [5, 5.41) is 7.15. The van der Waals surface area contributed by atoms with E-state index < -0.39 is 0 Å². The van der Waals surface area contributed by atoms with E-state index in [9.17, 15) is 4.79 Å². The predicted octanol–water partition coefficient (Wildman–Crippen LogP) is 5.72. The van der Waals surface area contributed by atoms with Crippen molar-refractivity contribution in [3.05, 3.63) is 101 Å². The Labute approximate surface area is 222 Å². The minimum atomic E-state index is -0.147. The molecule has 1 amide bonds. The fraction of sp³-hybridized carbons (Fsp3) is 0.241. The molecule has 4 aromatic rings. The number of pyridine rings is 2. The van der Waals surface area contributed by atoms with Crippen molar-refractivity contribution in [1.29, 1.82) is 0 Å². The summed E-state index contributed by atoms with van der Waals surface area (Å²) in [5.41, 5.74) is 6.99. The van der Waals surface area contributed by atoms with Gasteiger partial charge >= 0.3 is 0 Å². The number of nitrogens with one attached hydrogen (secondary N) is 2. The Morgan fingerprint density at radius 3 is 2.43 bits per heavy atom. The maximum atomic E-state index is 12.0. The number of anilines is 2. The molecule has 0 saturated carbocycles. The van der Waals surface area contributed by atoms with Gasteiger partial charge in [0.25, 0.3) is 0 Å². The molecule has 37 heavy (non-hydrogen) atoms. The second kappa shape index (κ2) is 10.1. The molecular formula is C29H30N6OS. The molecule has 0 unspecified atom stereocenters. The highest BCUT2D eigenvalue weighted by molar-refractivity contribution is 7.80. The number of rotatable bonds is 6. The highest BCUT2D eigenvalue weighted by Gasteiger charge is 2.42. The quantitative estimate of drug-likeness (QED) is 0.323. The number of thiocarbonyl (C=S) groups is 1. The van der Waals surface area contributed by atoms with Crippen molar-refractivity contribution in [3.63, 3.8) is 0 Å². The van der Waals surface area contributed by atoms with Gasteiger partial charge in [-0.25, -0.2) is 4.98 Å². The molecular weight excluding hydrogens is 480 g/mol. The lowest BCUT2D eigenvalue weighted by Gasteiger charge is -2.28. The summed E-state index contributed by atoms with van der Waals surface area (Å²) in [6.07, 6.45) is 4.05. The normalized spacial score (nSPS) is 17.1. The molecule has 1 aliphatic rings. The Morgan fingerprint density at radius 2 is 1.78 bits per heavy atom. The van der Waals surface area contributed by atoms with Crippen LogP contribution in [0.1, 0.15) is 53.6 Å². The van der Waals surface area contributed by atoms with Gasteiger partial charge in [-0.15, -0.1) is 0 Å². The molecule has 5 rings (SSSR count). The highest BCUT2D eigenvalue weighted by atomic mass is 32.1. The number of hydrogen-bond acceptors (Lipinski definition) is 4. The monoisotopic (exact) mass is 510 g/mol. The van der Waals surface area contributed by atoms with Crippen LogP contribution in [0.25, 0.3) is 5.82 Å². The Morgan fingerprint density at radius 1 is 1.03 bits per heavy atom. The van der Waals surface area contributed by atoms with Crippen LogP contribution in [0.4, 0.5) is 11.4 Å². The standard InChI is InChI=1S/C29H30N6OS/c1-5-26(36)32-23-13-12-21(16-18(23)2)35-28(27(33-29(35)37)24-10-6-8-14-30-24)22-17-19(3)34(20(22)4)25-11-7-9-15-31-25/h6-17,27-28H,5H2,1-4H3,(H,32,36)(H,33,37)/t27-,28-/m1/s1. The van der Waals surface area contributed by atoms with Gasteiger partial charge in [-0.05, 0) is 92.6 Å². The summed E-state index contributed by atoms with van der Waals surface area (Å²) in [4.78, 5) is 23.4. The number of hydrogen-bond donors (Lipinski definition) is 2. The van der Waals surface area contributed by atoms with Crippen molar-refractivity contribution in [1.82, 2.24) is 19.9 Å². The van der Waals surface area contributed by atoms with E-state index in [-0.39, 0.29) is 18.0 Å². The summed E-state index contributed by atoms with van der Waals surface area (Å²) in [6, 6.07) is 19.9. The second-order valence-electron chi connectivity index (χ2n) is 9.25. The van der Waals surface area contributed by atoms with Gasteiger partial charge in [0.2, 0.25) is 5.91 Å². The van der Waals surface area contributed by atoms with E-state index in [4.69, 9.17) is 12.2 Å². The second-order valence-corrected chi connectivity index (χ2v) is 9.63. The van der Waals surface area contributed by atoms with Crippen LogP contribution in [-0.4, -0.2) is 25.6 Å². The van der Waals surface area contributed by atoms with Gasteiger partial charge in [-0.1, -0.05) is 19.1 Å². The fourth-order valence-corrected chi connectivity index (χ4v) is 5.40. The molecule has 188 valence electrons. The lowest BCUT2D eigenvalue weighted by atomic mass is 9.96. The van der Waals surface area contributed by atoms with E-state index >= 15 is 0 Å². The van der Waals surface area contributed by atoms with Crippen molar-refractivity contribution in [2.75, 3.05) is 10.2 Å². The van der Waals surface area contributed by atoms with Crippen LogP contribution in [0.15, 0.2) is 73.1 Å². The maximum Gasteiger partial charge on any atom is 0.224 e. The van der Waals surface area contributed by atoms with E-state index in [1.165, 1.54) is 0 Å². The molecule has 0 radical (unpaired) electrons. The number of aryl methyl sites for hydroxylation is 2. The van der Waals surface area contributed by atoms with Gasteiger partial charge in [0.1, 0.15) is 5.82 Å². The molecule has 1 aliphatic heterocycles. The van der Waals surface area contributed by atoms with Gasteiger partial charge in [0, 0.05) is 41.6 Å². The first-order valence-corrected chi connectivity index (χ1v) is 12.8. The van der Waals surface area contributed by atoms with E-state index in [0.29, 0.717) is 11.5 Å². The van der Waals surface area contributed by atoms with Crippen LogP contribution in [0.3, 0.4) is 0 Å². The van der Waals surface area contributed by atoms with Crippen LogP contribution >= 0.6 is 12.2 Å². The molecule has 2 atom stereocenters. The third-order valence-electron chi connectivity index (χ3n) is 6.85. The lowest BCUT2D eigenvalue weighted by molar-refractivity contribution is -0.115. The molecule has 1 fully saturated rings. The Kier molecular flexibility index (Phi) is 6.76. The van der Waals surface area contributed by atoms with E-state index in [2.05, 4.69) is 56.0 Å². The summed E-state index contributed by atoms with van der Waals surface area (Å²) < 4.78 is 2.18. The van der Waals surface area contributed by atoms with Gasteiger partial charge in [0.05, 0.1) is 17.8 Å². The minimum Gasteiger partial charge on any atom is -0.351 e. The zero-order valence-corrected chi connectivity index (χ0v) is 22.2. The number of carbonyl (C=O) groups excluding carboxylic acids is 1. The van der Waals surface area contributed by atoms with Crippen molar-refractivity contribution in [2.45, 2.75) is 46.2 Å². The molecule has 1 saturated heterocycles. The van der Waals surface area contributed by atoms with Crippen LogP contribution in [0.2, 0.25) is 0 Å². The van der Waals surface area contributed by atoms with Crippen LogP contribution in [0, 0.1) is 20.8 Å². The molecule has 0 aliphatic carbocycles. The van der Waals surface area contributed by atoms with Gasteiger partial charge in [-0.3, -0.25) is 9.78 Å². The zero-order chi connectivity index (χ0) is 26.1. The van der Waals surface area contributed by atoms with Gasteiger partial charge in [-0.2, -0.15) is 0 Å². The van der Waals surface area contributed by atoms with Crippen molar-refractivity contribution in [2.24, 2.45) is 0 Å². The number of benzene rings is 1. The summed E-state index contributed by atoms with van der Waals surface area (Å²) >= 11 is 5.92. The molecule has 8 heteroatoms. The summed E-state index contributed by atoms with van der Waals surface area (Å²) in [6.45, 7) is 8.07. The van der Waals surface area contributed by atoms with Crippen molar-refractivity contribution < 1.29 is 4.79 Å². The average Bonchev–Trinajstić information content (AvgIpc) is 3.41. The fourth-order valence-electron chi connectivity index (χ4n) is 5.05. The summed E-state index contributed by atoms with van der Waals surface area (Å²) in [5.74, 6) is 0.870.